The van der Waals surface area contributed by atoms with Gasteiger partial charge in [0.15, 0.2) is 0 Å². The molecule has 1 amide bonds. The van der Waals surface area contributed by atoms with Crippen LogP contribution in [0.3, 0.4) is 0 Å². The van der Waals surface area contributed by atoms with Gasteiger partial charge in [0, 0.05) is 25.6 Å². The monoisotopic (exact) mass is 288 g/mol. The molecule has 0 bridgehead atoms. The molecule has 0 spiro atoms. The van der Waals surface area contributed by atoms with Crippen LogP contribution in [0.25, 0.3) is 0 Å². The summed E-state index contributed by atoms with van der Waals surface area (Å²) in [4.78, 5) is 14.4. The van der Waals surface area contributed by atoms with Gasteiger partial charge in [0.2, 0.25) is 5.91 Å². The molecule has 1 aromatic carbocycles. The zero-order valence-corrected chi connectivity index (χ0v) is 13.6. The number of likely N-dealkylation sites (tertiary alicyclic amines) is 1. The highest BCUT2D eigenvalue weighted by molar-refractivity contribution is 5.76. The number of nitrogens with zero attached hydrogens (tertiary/aromatic N) is 1. The third-order valence-corrected chi connectivity index (χ3v) is 4.82. The minimum atomic E-state index is 0.216. The molecule has 3 heteroatoms. The number of carbonyl (C=O) groups excluding carboxylic acids is 1. The maximum absolute atomic E-state index is 12.3. The van der Waals surface area contributed by atoms with Gasteiger partial charge in [0.05, 0.1) is 0 Å². The Labute approximate surface area is 128 Å². The van der Waals surface area contributed by atoms with Gasteiger partial charge in [-0.25, -0.2) is 0 Å². The second-order valence-corrected chi connectivity index (χ2v) is 6.14. The lowest BCUT2D eigenvalue weighted by atomic mass is 9.98. The van der Waals surface area contributed by atoms with Gasteiger partial charge in [0.1, 0.15) is 0 Å². The average Bonchev–Trinajstić information content (AvgIpc) is 2.68. The van der Waals surface area contributed by atoms with Crippen molar-refractivity contribution in [3.05, 3.63) is 35.4 Å². The van der Waals surface area contributed by atoms with Crippen molar-refractivity contribution < 1.29 is 4.79 Å². The molecule has 0 radical (unpaired) electrons. The highest BCUT2D eigenvalue weighted by Gasteiger charge is 2.24. The summed E-state index contributed by atoms with van der Waals surface area (Å²) in [5.41, 5.74) is 2.58. The van der Waals surface area contributed by atoms with E-state index in [4.69, 9.17) is 0 Å². The fourth-order valence-electron chi connectivity index (χ4n) is 3.24. The Balaban J connectivity index is 2.07. The Morgan fingerprint density at radius 2 is 2.10 bits per heavy atom. The van der Waals surface area contributed by atoms with Crippen LogP contribution in [0.15, 0.2) is 24.3 Å². The predicted octanol–water partition coefficient (Wildman–Crippen LogP) is 3.29. The molecular weight excluding hydrogens is 260 g/mol. The second-order valence-electron chi connectivity index (χ2n) is 6.14. The first-order valence-corrected chi connectivity index (χ1v) is 8.16. The minimum Gasteiger partial charge on any atom is -0.341 e. The summed E-state index contributed by atoms with van der Waals surface area (Å²) >= 11 is 0. The highest BCUT2D eigenvalue weighted by Crippen LogP contribution is 2.24. The molecule has 1 heterocycles. The molecule has 116 valence electrons. The van der Waals surface area contributed by atoms with E-state index in [-0.39, 0.29) is 6.04 Å². The van der Waals surface area contributed by atoms with Crippen molar-refractivity contribution >= 4 is 5.91 Å². The van der Waals surface area contributed by atoms with Crippen LogP contribution in [-0.4, -0.2) is 30.9 Å². The fourth-order valence-corrected chi connectivity index (χ4v) is 3.24. The van der Waals surface area contributed by atoms with Crippen molar-refractivity contribution in [1.82, 2.24) is 10.2 Å². The van der Waals surface area contributed by atoms with Crippen molar-refractivity contribution in [2.75, 3.05) is 20.1 Å². The molecule has 1 saturated heterocycles. The van der Waals surface area contributed by atoms with E-state index in [0.29, 0.717) is 18.2 Å². The highest BCUT2D eigenvalue weighted by atomic mass is 16.2. The van der Waals surface area contributed by atoms with Crippen LogP contribution in [0.1, 0.15) is 49.8 Å². The summed E-state index contributed by atoms with van der Waals surface area (Å²) in [6, 6.07) is 8.65. The van der Waals surface area contributed by atoms with Crippen LogP contribution in [0, 0.1) is 12.8 Å². The van der Waals surface area contributed by atoms with E-state index in [1.54, 1.807) is 0 Å². The third-order valence-electron chi connectivity index (χ3n) is 4.82. The van der Waals surface area contributed by atoms with Gasteiger partial charge in [-0.1, -0.05) is 37.6 Å². The van der Waals surface area contributed by atoms with E-state index in [9.17, 15) is 4.79 Å². The van der Waals surface area contributed by atoms with Crippen LogP contribution in [-0.2, 0) is 4.79 Å². The Morgan fingerprint density at radius 1 is 1.33 bits per heavy atom. The van der Waals surface area contributed by atoms with E-state index >= 15 is 0 Å². The number of benzene rings is 1. The minimum absolute atomic E-state index is 0.216. The largest absolute Gasteiger partial charge is 0.341 e. The van der Waals surface area contributed by atoms with E-state index in [2.05, 4.69) is 48.3 Å². The van der Waals surface area contributed by atoms with Crippen LogP contribution in [0.5, 0.6) is 0 Å². The molecule has 0 aromatic heterocycles. The Bertz CT molecular complexity index is 472. The van der Waals surface area contributed by atoms with Crippen LogP contribution in [0.4, 0.5) is 0 Å². The molecule has 1 fully saturated rings. The Kier molecular flexibility index (Phi) is 5.80. The first-order valence-electron chi connectivity index (χ1n) is 8.16. The van der Waals surface area contributed by atoms with Gasteiger partial charge >= 0.3 is 0 Å². The van der Waals surface area contributed by atoms with Gasteiger partial charge in [-0.15, -0.1) is 0 Å². The first-order chi connectivity index (χ1) is 10.2. The summed E-state index contributed by atoms with van der Waals surface area (Å²) in [6.45, 7) is 6.05. The molecule has 1 aromatic rings. The van der Waals surface area contributed by atoms with E-state index in [1.165, 1.54) is 17.5 Å². The molecule has 2 atom stereocenters. The summed E-state index contributed by atoms with van der Waals surface area (Å²) in [5.74, 6) is 1.03. The molecule has 2 unspecified atom stereocenters. The maximum Gasteiger partial charge on any atom is 0.222 e. The van der Waals surface area contributed by atoms with Crippen molar-refractivity contribution in [1.29, 1.82) is 0 Å². The SMILES string of the molecule is CCC1CCC(=O)N(CC(NC)c2ccccc2C)CC1. The van der Waals surface area contributed by atoms with E-state index in [0.717, 1.165) is 25.9 Å². The van der Waals surface area contributed by atoms with Crippen molar-refractivity contribution in [2.45, 2.75) is 45.6 Å². The van der Waals surface area contributed by atoms with Gasteiger partial charge < -0.3 is 10.2 Å². The summed E-state index contributed by atoms with van der Waals surface area (Å²) in [5, 5.41) is 3.38. The lowest BCUT2D eigenvalue weighted by Gasteiger charge is -2.27. The molecule has 0 aliphatic carbocycles. The number of hydrogen-bond donors (Lipinski definition) is 1. The lowest BCUT2D eigenvalue weighted by molar-refractivity contribution is -0.131. The molecule has 21 heavy (non-hydrogen) atoms. The summed E-state index contributed by atoms with van der Waals surface area (Å²) < 4.78 is 0. The van der Waals surface area contributed by atoms with Crippen molar-refractivity contribution in [2.24, 2.45) is 5.92 Å². The number of rotatable bonds is 5. The van der Waals surface area contributed by atoms with Crippen molar-refractivity contribution in [3.63, 3.8) is 0 Å². The van der Waals surface area contributed by atoms with Gasteiger partial charge in [-0.3, -0.25) is 4.79 Å². The van der Waals surface area contributed by atoms with Gasteiger partial charge in [0.25, 0.3) is 0 Å². The van der Waals surface area contributed by atoms with E-state index in [1.807, 2.05) is 7.05 Å². The molecule has 2 rings (SSSR count). The summed E-state index contributed by atoms with van der Waals surface area (Å²) in [7, 11) is 1.98. The molecule has 1 aliphatic heterocycles. The van der Waals surface area contributed by atoms with E-state index < -0.39 is 0 Å². The standard InChI is InChI=1S/C18H28N2O/c1-4-15-9-10-18(21)20(12-11-15)13-17(19-3)16-8-6-5-7-14(16)2/h5-8,15,17,19H,4,9-13H2,1-3H3. The topological polar surface area (TPSA) is 32.3 Å². The molecule has 0 saturated carbocycles. The number of carbonyl (C=O) groups is 1. The van der Waals surface area contributed by atoms with Gasteiger partial charge in [-0.2, -0.15) is 0 Å². The number of nitrogens with one attached hydrogen (secondary N) is 1. The molecular formula is C18H28N2O. The normalized spacial score (nSPS) is 21.2. The van der Waals surface area contributed by atoms with Gasteiger partial charge in [-0.05, 0) is 43.9 Å². The fraction of sp³-hybridized carbons (Fsp3) is 0.611. The zero-order chi connectivity index (χ0) is 15.2. The predicted molar refractivity (Wildman–Crippen MR) is 87.2 cm³/mol. The lowest BCUT2D eigenvalue weighted by Crippen LogP contribution is -2.38. The molecule has 1 N–H and O–H groups in total. The molecule has 3 nitrogen and oxygen atoms in total. The third kappa shape index (κ3) is 4.07. The first kappa shape index (κ1) is 16.0. The number of hydrogen-bond acceptors (Lipinski definition) is 2. The Hall–Kier alpha value is -1.35. The van der Waals surface area contributed by atoms with Crippen LogP contribution < -0.4 is 5.32 Å². The van der Waals surface area contributed by atoms with Crippen molar-refractivity contribution in [3.8, 4) is 0 Å². The Morgan fingerprint density at radius 3 is 2.76 bits per heavy atom. The smallest absolute Gasteiger partial charge is 0.222 e. The maximum atomic E-state index is 12.3. The zero-order valence-electron chi connectivity index (χ0n) is 13.6. The number of aryl methyl sites for hydroxylation is 1. The molecule has 1 aliphatic rings. The number of likely N-dealkylation sites (N-methyl/N-ethyl adjacent to an activating group) is 1. The quantitative estimate of drug-likeness (QED) is 0.901. The average molecular weight is 288 g/mol. The van der Waals surface area contributed by atoms with Crippen LogP contribution in [0.2, 0.25) is 0 Å². The second kappa shape index (κ2) is 7.60. The summed E-state index contributed by atoms with van der Waals surface area (Å²) in [6.07, 6.45) is 4.10. The number of amides is 1. The van der Waals surface area contributed by atoms with Crippen LogP contribution >= 0.6 is 0 Å².